The predicted octanol–water partition coefficient (Wildman–Crippen LogP) is 2.60. The van der Waals surface area contributed by atoms with Crippen LogP contribution < -0.4 is 5.32 Å². The quantitative estimate of drug-likeness (QED) is 0.825. The van der Waals surface area contributed by atoms with Crippen molar-refractivity contribution in [3.63, 3.8) is 0 Å². The lowest BCUT2D eigenvalue weighted by atomic mass is 10.1. The number of aromatic nitrogens is 1. The number of hydrogen-bond donors (Lipinski definition) is 1. The number of pyridine rings is 1. The number of nitrogens with one attached hydrogen (secondary N) is 1. The van der Waals surface area contributed by atoms with Gasteiger partial charge >= 0.3 is 0 Å². The molecule has 1 aromatic heterocycles. The van der Waals surface area contributed by atoms with Crippen LogP contribution in [0.1, 0.15) is 30.6 Å². The molecule has 0 aliphatic carbocycles. The first-order valence-electron chi connectivity index (χ1n) is 5.52. The second-order valence-electron chi connectivity index (χ2n) is 4.33. The predicted molar refractivity (Wildman–Crippen MR) is 65.6 cm³/mol. The van der Waals surface area contributed by atoms with Crippen LogP contribution in [0.3, 0.4) is 0 Å². The topological polar surface area (TPSA) is 42.0 Å². The van der Waals surface area contributed by atoms with Gasteiger partial charge in [0.05, 0.1) is 17.1 Å². The van der Waals surface area contributed by atoms with Gasteiger partial charge in [-0.2, -0.15) is 0 Å². The van der Waals surface area contributed by atoms with Crippen molar-refractivity contribution >= 4 is 17.5 Å². The Bertz CT molecular complexity index is 385. The molecule has 0 saturated heterocycles. The zero-order valence-corrected chi connectivity index (χ0v) is 10.7. The summed E-state index contributed by atoms with van der Waals surface area (Å²) in [4.78, 5) is 15.2. The molecule has 5 heteroatoms. The first kappa shape index (κ1) is 13.9. The van der Waals surface area contributed by atoms with Crippen LogP contribution in [0.2, 0.25) is 0 Å². The van der Waals surface area contributed by atoms with Crippen LogP contribution in [-0.4, -0.2) is 22.8 Å². The molecule has 1 heterocycles. The Labute approximate surface area is 105 Å². The summed E-state index contributed by atoms with van der Waals surface area (Å²) in [6.07, 6.45) is 3.20. The third kappa shape index (κ3) is 5.13. The van der Waals surface area contributed by atoms with E-state index in [0.29, 0.717) is 12.5 Å². The molecule has 0 radical (unpaired) electrons. The van der Waals surface area contributed by atoms with Crippen molar-refractivity contribution in [1.29, 1.82) is 0 Å². The molecular formula is C12H16ClFN2O. The average Bonchev–Trinajstić information content (AvgIpc) is 2.25. The molecule has 3 nitrogen and oxygen atoms in total. The Hall–Kier alpha value is -1.16. The molecule has 1 atom stereocenters. The van der Waals surface area contributed by atoms with Gasteiger partial charge in [-0.05, 0) is 18.4 Å². The smallest absolute Gasteiger partial charge is 0.253 e. The monoisotopic (exact) mass is 258 g/mol. The molecule has 1 N–H and O–H groups in total. The highest BCUT2D eigenvalue weighted by atomic mass is 35.5. The normalized spacial score (nSPS) is 12.5. The summed E-state index contributed by atoms with van der Waals surface area (Å²) in [5, 5.41) is 2.54. The van der Waals surface area contributed by atoms with E-state index >= 15 is 0 Å². The maximum Gasteiger partial charge on any atom is 0.253 e. The highest BCUT2D eigenvalue weighted by Gasteiger charge is 2.11. The van der Waals surface area contributed by atoms with E-state index in [1.165, 1.54) is 6.20 Å². The Balaban J connectivity index is 2.45. The Kier molecular flexibility index (Phi) is 5.35. The molecule has 94 valence electrons. The fourth-order valence-electron chi connectivity index (χ4n) is 1.44. The lowest BCUT2D eigenvalue weighted by Crippen LogP contribution is -2.30. The maximum atomic E-state index is 12.8. The van der Waals surface area contributed by atoms with E-state index in [2.05, 4.69) is 24.1 Å². The van der Waals surface area contributed by atoms with Crippen LogP contribution in [-0.2, 0) is 0 Å². The van der Waals surface area contributed by atoms with Crippen molar-refractivity contribution in [2.45, 2.75) is 25.6 Å². The third-order valence-electron chi connectivity index (χ3n) is 2.18. The maximum absolute atomic E-state index is 12.8. The Morgan fingerprint density at radius 3 is 2.82 bits per heavy atom. The summed E-state index contributed by atoms with van der Waals surface area (Å²) in [6.45, 7) is 4.50. The molecule has 0 aromatic carbocycles. The second-order valence-corrected chi connectivity index (χ2v) is 4.95. The van der Waals surface area contributed by atoms with E-state index in [9.17, 15) is 9.18 Å². The van der Waals surface area contributed by atoms with E-state index < -0.39 is 5.82 Å². The Morgan fingerprint density at radius 1 is 1.53 bits per heavy atom. The van der Waals surface area contributed by atoms with Crippen LogP contribution in [0.25, 0.3) is 0 Å². The highest BCUT2D eigenvalue weighted by Crippen LogP contribution is 2.09. The number of carbonyl (C=O) groups is 1. The van der Waals surface area contributed by atoms with Crippen LogP contribution in [0.5, 0.6) is 0 Å². The molecule has 0 fully saturated rings. The van der Waals surface area contributed by atoms with Gasteiger partial charge in [0, 0.05) is 12.7 Å². The van der Waals surface area contributed by atoms with Crippen LogP contribution in [0, 0.1) is 11.7 Å². The van der Waals surface area contributed by atoms with Crippen molar-refractivity contribution in [3.8, 4) is 0 Å². The van der Waals surface area contributed by atoms with Gasteiger partial charge in [0.1, 0.15) is 5.82 Å². The lowest BCUT2D eigenvalue weighted by Gasteiger charge is -2.12. The molecule has 1 amide bonds. The zero-order chi connectivity index (χ0) is 12.8. The summed E-state index contributed by atoms with van der Waals surface area (Å²) in [5.74, 6) is -0.404. The van der Waals surface area contributed by atoms with Crippen LogP contribution >= 0.6 is 11.6 Å². The SMILES string of the molecule is CC(C)CC(Cl)CNC(=O)c1cncc(F)c1. The van der Waals surface area contributed by atoms with Gasteiger partial charge in [-0.1, -0.05) is 13.8 Å². The zero-order valence-electron chi connectivity index (χ0n) is 9.91. The van der Waals surface area contributed by atoms with Crippen LogP contribution in [0.4, 0.5) is 4.39 Å². The van der Waals surface area contributed by atoms with Crippen LogP contribution in [0.15, 0.2) is 18.5 Å². The average molecular weight is 259 g/mol. The summed E-state index contributed by atoms with van der Waals surface area (Å²) in [6, 6.07) is 1.15. The van der Waals surface area contributed by atoms with Gasteiger partial charge in [-0.3, -0.25) is 9.78 Å². The van der Waals surface area contributed by atoms with E-state index in [4.69, 9.17) is 11.6 Å². The largest absolute Gasteiger partial charge is 0.351 e. The van der Waals surface area contributed by atoms with E-state index in [-0.39, 0.29) is 16.8 Å². The number of alkyl halides is 1. The number of rotatable bonds is 5. The van der Waals surface area contributed by atoms with Crippen molar-refractivity contribution in [3.05, 3.63) is 29.8 Å². The van der Waals surface area contributed by atoms with E-state index in [0.717, 1.165) is 18.7 Å². The number of nitrogens with zero attached hydrogens (tertiary/aromatic N) is 1. The third-order valence-corrected chi connectivity index (χ3v) is 2.51. The molecular weight excluding hydrogens is 243 g/mol. The molecule has 0 aliphatic rings. The molecule has 17 heavy (non-hydrogen) atoms. The minimum atomic E-state index is -0.526. The number of amides is 1. The molecule has 0 saturated carbocycles. The van der Waals surface area contributed by atoms with E-state index in [1.807, 2.05) is 0 Å². The molecule has 1 rings (SSSR count). The first-order chi connectivity index (χ1) is 7.99. The van der Waals surface area contributed by atoms with Crippen molar-refractivity contribution in [2.75, 3.05) is 6.54 Å². The minimum Gasteiger partial charge on any atom is -0.351 e. The second kappa shape index (κ2) is 6.55. The van der Waals surface area contributed by atoms with Gasteiger partial charge in [-0.25, -0.2) is 4.39 Å². The Morgan fingerprint density at radius 2 is 2.24 bits per heavy atom. The number of carbonyl (C=O) groups excluding carboxylic acids is 1. The standard InChI is InChI=1S/C12H16ClFN2O/c1-8(2)3-10(13)6-16-12(17)9-4-11(14)7-15-5-9/h4-5,7-8,10H,3,6H2,1-2H3,(H,16,17). The van der Waals surface area contributed by atoms with Gasteiger partial charge < -0.3 is 5.32 Å². The first-order valence-corrected chi connectivity index (χ1v) is 5.95. The number of hydrogen-bond acceptors (Lipinski definition) is 2. The highest BCUT2D eigenvalue weighted by molar-refractivity contribution is 6.20. The molecule has 0 aliphatic heterocycles. The summed E-state index contributed by atoms with van der Waals surface area (Å²) < 4.78 is 12.8. The summed E-state index contributed by atoms with van der Waals surface area (Å²) >= 11 is 6.03. The van der Waals surface area contributed by atoms with Gasteiger partial charge in [-0.15, -0.1) is 11.6 Å². The summed E-state index contributed by atoms with van der Waals surface area (Å²) in [5.41, 5.74) is 0.207. The number of halogens is 2. The van der Waals surface area contributed by atoms with Gasteiger partial charge in [0.15, 0.2) is 0 Å². The van der Waals surface area contributed by atoms with E-state index in [1.54, 1.807) is 0 Å². The summed E-state index contributed by atoms with van der Waals surface area (Å²) in [7, 11) is 0. The molecule has 0 bridgehead atoms. The minimum absolute atomic E-state index is 0.111. The lowest BCUT2D eigenvalue weighted by molar-refractivity contribution is 0.0952. The molecule has 1 unspecified atom stereocenters. The molecule has 1 aromatic rings. The van der Waals surface area contributed by atoms with Crippen molar-refractivity contribution in [1.82, 2.24) is 10.3 Å². The van der Waals surface area contributed by atoms with Gasteiger partial charge in [0.2, 0.25) is 0 Å². The van der Waals surface area contributed by atoms with Crippen molar-refractivity contribution in [2.24, 2.45) is 5.92 Å². The fraction of sp³-hybridized carbons (Fsp3) is 0.500. The fourth-order valence-corrected chi connectivity index (χ4v) is 1.87. The molecule has 0 spiro atoms. The van der Waals surface area contributed by atoms with Crippen molar-refractivity contribution < 1.29 is 9.18 Å². The van der Waals surface area contributed by atoms with Gasteiger partial charge in [0.25, 0.3) is 5.91 Å².